The quantitative estimate of drug-likeness (QED) is 0.860. The zero-order chi connectivity index (χ0) is 18.5. The number of benzene rings is 2. The van der Waals surface area contributed by atoms with E-state index < -0.39 is 0 Å². The molecule has 0 saturated heterocycles. The molecule has 7 heteroatoms. The summed E-state index contributed by atoms with van der Waals surface area (Å²) in [5.74, 6) is 1.27. The molecule has 0 unspecified atom stereocenters. The van der Waals surface area contributed by atoms with Gasteiger partial charge in [0, 0.05) is 23.7 Å². The number of hydrogen-bond acceptors (Lipinski definition) is 5. The highest BCUT2D eigenvalue weighted by Gasteiger charge is 2.15. The van der Waals surface area contributed by atoms with Crippen LogP contribution in [0.25, 0.3) is 0 Å². The van der Waals surface area contributed by atoms with Crippen LogP contribution in [0.5, 0.6) is 17.2 Å². The fraction of sp³-hybridized carbons (Fsp3) is 0.263. The average Bonchev–Trinajstić information content (AvgIpc) is 2.67. The van der Waals surface area contributed by atoms with E-state index in [9.17, 15) is 9.59 Å². The molecule has 26 heavy (non-hydrogen) atoms. The number of methoxy groups -OCH3 is 1. The fourth-order valence-corrected chi connectivity index (χ4v) is 2.51. The Morgan fingerprint density at radius 3 is 2.54 bits per heavy atom. The summed E-state index contributed by atoms with van der Waals surface area (Å²) in [6.07, 6.45) is 0.330. The summed E-state index contributed by atoms with van der Waals surface area (Å²) < 4.78 is 16.2. The van der Waals surface area contributed by atoms with Crippen LogP contribution >= 0.6 is 0 Å². The van der Waals surface area contributed by atoms with Crippen molar-refractivity contribution in [2.45, 2.75) is 13.3 Å². The topological polar surface area (TPSA) is 85.9 Å². The maximum Gasteiger partial charge on any atom is 0.255 e. The van der Waals surface area contributed by atoms with Gasteiger partial charge in [0.15, 0.2) is 11.5 Å². The van der Waals surface area contributed by atoms with Crippen LogP contribution in [-0.2, 0) is 4.79 Å². The van der Waals surface area contributed by atoms with Gasteiger partial charge in [0.2, 0.25) is 5.91 Å². The van der Waals surface area contributed by atoms with E-state index >= 15 is 0 Å². The standard InChI is InChI=1S/C19H20N2O5/c1-3-18(22)21-14-10-12(4-6-15(14)24-2)19(23)20-13-5-7-16-17(11-13)26-9-8-25-16/h4-7,10-11H,3,8-9H2,1-2H3,(H,20,23)(H,21,22). The van der Waals surface area contributed by atoms with Crippen LogP contribution in [0.2, 0.25) is 0 Å². The Hall–Kier alpha value is -3.22. The third-order valence-electron chi connectivity index (χ3n) is 3.86. The highest BCUT2D eigenvalue weighted by atomic mass is 16.6. The predicted octanol–water partition coefficient (Wildman–Crippen LogP) is 3.07. The monoisotopic (exact) mass is 356 g/mol. The summed E-state index contributed by atoms with van der Waals surface area (Å²) in [4.78, 5) is 24.2. The zero-order valence-corrected chi connectivity index (χ0v) is 14.6. The maximum atomic E-state index is 12.6. The lowest BCUT2D eigenvalue weighted by molar-refractivity contribution is -0.115. The second-order valence-electron chi connectivity index (χ2n) is 5.63. The van der Waals surface area contributed by atoms with E-state index in [0.717, 1.165) is 0 Å². The van der Waals surface area contributed by atoms with Crippen molar-refractivity contribution in [3.05, 3.63) is 42.0 Å². The minimum atomic E-state index is -0.309. The number of anilines is 2. The molecule has 0 spiro atoms. The summed E-state index contributed by atoms with van der Waals surface area (Å²) in [5, 5.41) is 5.54. The fourth-order valence-electron chi connectivity index (χ4n) is 2.51. The molecule has 0 bridgehead atoms. The van der Waals surface area contributed by atoms with E-state index in [2.05, 4.69) is 10.6 Å². The first-order chi connectivity index (χ1) is 12.6. The molecule has 0 atom stereocenters. The lowest BCUT2D eigenvalue weighted by atomic mass is 10.1. The van der Waals surface area contributed by atoms with Crippen molar-refractivity contribution >= 4 is 23.2 Å². The minimum Gasteiger partial charge on any atom is -0.495 e. The van der Waals surface area contributed by atoms with Crippen LogP contribution in [-0.4, -0.2) is 32.1 Å². The summed E-state index contributed by atoms with van der Waals surface area (Å²) in [5.41, 5.74) is 1.44. The van der Waals surface area contributed by atoms with Crippen LogP contribution in [0.15, 0.2) is 36.4 Å². The van der Waals surface area contributed by atoms with Gasteiger partial charge in [0.25, 0.3) is 5.91 Å². The molecule has 0 aliphatic carbocycles. The molecular weight excluding hydrogens is 336 g/mol. The first-order valence-corrected chi connectivity index (χ1v) is 8.29. The molecule has 0 radical (unpaired) electrons. The molecule has 1 heterocycles. The van der Waals surface area contributed by atoms with Crippen LogP contribution < -0.4 is 24.8 Å². The van der Waals surface area contributed by atoms with Gasteiger partial charge >= 0.3 is 0 Å². The number of fused-ring (bicyclic) bond motifs is 1. The van der Waals surface area contributed by atoms with E-state index in [0.29, 0.717) is 53.8 Å². The summed E-state index contributed by atoms with van der Waals surface area (Å²) in [6.45, 7) is 2.74. The maximum absolute atomic E-state index is 12.6. The number of nitrogens with one attached hydrogen (secondary N) is 2. The molecule has 0 aromatic heterocycles. The number of ether oxygens (including phenoxy) is 3. The van der Waals surface area contributed by atoms with E-state index in [1.807, 2.05) is 0 Å². The van der Waals surface area contributed by atoms with Crippen molar-refractivity contribution in [2.24, 2.45) is 0 Å². The Balaban J connectivity index is 1.79. The second-order valence-corrected chi connectivity index (χ2v) is 5.63. The zero-order valence-electron chi connectivity index (χ0n) is 14.6. The third-order valence-corrected chi connectivity index (χ3v) is 3.86. The minimum absolute atomic E-state index is 0.160. The van der Waals surface area contributed by atoms with E-state index in [1.165, 1.54) is 7.11 Å². The molecule has 1 aliphatic rings. The number of amides is 2. The summed E-state index contributed by atoms with van der Waals surface area (Å²) in [6, 6.07) is 10.1. The lowest BCUT2D eigenvalue weighted by Gasteiger charge is -2.19. The van der Waals surface area contributed by atoms with Gasteiger partial charge < -0.3 is 24.8 Å². The summed E-state index contributed by atoms with van der Waals surface area (Å²) in [7, 11) is 1.51. The van der Waals surface area contributed by atoms with Gasteiger partial charge in [0.1, 0.15) is 19.0 Å². The highest BCUT2D eigenvalue weighted by Crippen LogP contribution is 2.33. The first-order valence-electron chi connectivity index (χ1n) is 8.29. The van der Waals surface area contributed by atoms with Gasteiger partial charge in [-0.3, -0.25) is 9.59 Å². The van der Waals surface area contributed by atoms with Crippen LogP contribution in [0, 0.1) is 0 Å². The molecule has 0 fully saturated rings. The van der Waals surface area contributed by atoms with Gasteiger partial charge in [-0.25, -0.2) is 0 Å². The van der Waals surface area contributed by atoms with Crippen molar-refractivity contribution < 1.29 is 23.8 Å². The Bertz CT molecular complexity index is 835. The van der Waals surface area contributed by atoms with Crippen molar-refractivity contribution in [3.63, 3.8) is 0 Å². The third kappa shape index (κ3) is 3.88. The number of rotatable bonds is 5. The molecule has 3 rings (SSSR count). The van der Waals surface area contributed by atoms with E-state index in [4.69, 9.17) is 14.2 Å². The number of hydrogen-bond donors (Lipinski definition) is 2. The van der Waals surface area contributed by atoms with Crippen molar-refractivity contribution in [3.8, 4) is 17.2 Å². The van der Waals surface area contributed by atoms with Crippen LogP contribution in [0.4, 0.5) is 11.4 Å². The molecule has 1 aliphatic heterocycles. The van der Waals surface area contributed by atoms with E-state index in [1.54, 1.807) is 43.3 Å². The molecule has 0 saturated carbocycles. The molecule has 2 N–H and O–H groups in total. The Morgan fingerprint density at radius 2 is 1.81 bits per heavy atom. The number of carbonyl (C=O) groups is 2. The first kappa shape index (κ1) is 17.6. The molecule has 2 amide bonds. The summed E-state index contributed by atoms with van der Waals surface area (Å²) >= 11 is 0. The molecule has 2 aromatic rings. The molecule has 7 nitrogen and oxygen atoms in total. The average molecular weight is 356 g/mol. The van der Waals surface area contributed by atoms with Gasteiger partial charge in [-0.05, 0) is 30.3 Å². The molecular formula is C19H20N2O5. The Labute approximate surface area is 151 Å². The Morgan fingerprint density at radius 1 is 1.04 bits per heavy atom. The van der Waals surface area contributed by atoms with Crippen molar-refractivity contribution in [1.29, 1.82) is 0 Å². The van der Waals surface area contributed by atoms with Crippen LogP contribution in [0.3, 0.4) is 0 Å². The SMILES string of the molecule is CCC(=O)Nc1cc(C(=O)Nc2ccc3c(c2)OCCO3)ccc1OC. The van der Waals surface area contributed by atoms with Crippen LogP contribution in [0.1, 0.15) is 23.7 Å². The number of carbonyl (C=O) groups excluding carboxylic acids is 2. The predicted molar refractivity (Wildman–Crippen MR) is 97.3 cm³/mol. The van der Waals surface area contributed by atoms with Crippen molar-refractivity contribution in [2.75, 3.05) is 31.0 Å². The van der Waals surface area contributed by atoms with E-state index in [-0.39, 0.29) is 11.8 Å². The normalized spacial score (nSPS) is 12.2. The molecule has 136 valence electrons. The van der Waals surface area contributed by atoms with Gasteiger partial charge in [-0.2, -0.15) is 0 Å². The lowest BCUT2D eigenvalue weighted by Crippen LogP contribution is -2.17. The highest BCUT2D eigenvalue weighted by molar-refractivity contribution is 6.06. The van der Waals surface area contributed by atoms with Gasteiger partial charge in [-0.1, -0.05) is 6.92 Å². The second kappa shape index (κ2) is 7.77. The Kier molecular flexibility index (Phi) is 5.26. The van der Waals surface area contributed by atoms with Gasteiger partial charge in [-0.15, -0.1) is 0 Å². The van der Waals surface area contributed by atoms with Gasteiger partial charge in [0.05, 0.1) is 12.8 Å². The van der Waals surface area contributed by atoms with Crippen molar-refractivity contribution in [1.82, 2.24) is 0 Å². The smallest absolute Gasteiger partial charge is 0.255 e. The largest absolute Gasteiger partial charge is 0.495 e. The molecule has 2 aromatic carbocycles.